The van der Waals surface area contributed by atoms with Crippen molar-refractivity contribution in [3.63, 3.8) is 0 Å². The number of ketones is 1. The van der Waals surface area contributed by atoms with Gasteiger partial charge in [0.15, 0.2) is 5.78 Å². The van der Waals surface area contributed by atoms with E-state index in [0.29, 0.717) is 24.3 Å². The smallest absolute Gasteiger partial charge is 0.407 e. The van der Waals surface area contributed by atoms with Gasteiger partial charge < -0.3 is 10.1 Å². The van der Waals surface area contributed by atoms with Gasteiger partial charge >= 0.3 is 6.09 Å². The van der Waals surface area contributed by atoms with Gasteiger partial charge in [0.1, 0.15) is 5.60 Å². The monoisotopic (exact) mass is 270 g/mol. The molecule has 1 amide bonds. The molecule has 0 aliphatic rings. The van der Waals surface area contributed by atoms with Crippen molar-refractivity contribution in [1.29, 1.82) is 0 Å². The normalized spacial score (nSPS) is 11.1. The van der Waals surface area contributed by atoms with Crippen molar-refractivity contribution in [1.82, 2.24) is 10.3 Å². The van der Waals surface area contributed by atoms with Gasteiger partial charge in [-0.1, -0.05) is 0 Å². The third kappa shape index (κ3) is 5.77. The second-order valence-corrected chi connectivity index (χ2v) is 5.71. The van der Waals surface area contributed by atoms with Crippen molar-refractivity contribution in [2.45, 2.75) is 39.2 Å². The fraction of sp³-hybridized carbons (Fsp3) is 0.583. The van der Waals surface area contributed by atoms with Crippen LogP contribution in [0.15, 0.2) is 11.7 Å². The zero-order chi connectivity index (χ0) is 13.6. The zero-order valence-electron chi connectivity index (χ0n) is 10.9. The third-order valence-electron chi connectivity index (χ3n) is 1.96. The maximum absolute atomic E-state index is 11.6. The second kappa shape index (κ2) is 6.49. The van der Waals surface area contributed by atoms with Crippen LogP contribution in [-0.4, -0.2) is 29.0 Å². The molecular weight excluding hydrogens is 252 g/mol. The van der Waals surface area contributed by atoms with E-state index in [0.717, 1.165) is 0 Å². The van der Waals surface area contributed by atoms with E-state index in [4.69, 9.17) is 4.74 Å². The summed E-state index contributed by atoms with van der Waals surface area (Å²) >= 11 is 1.33. The number of aromatic nitrogens is 1. The number of ether oxygens (including phenoxy) is 1. The molecule has 0 aromatic carbocycles. The Hall–Kier alpha value is -1.43. The predicted molar refractivity (Wildman–Crippen MR) is 69.9 cm³/mol. The Morgan fingerprint density at radius 3 is 2.72 bits per heavy atom. The van der Waals surface area contributed by atoms with Gasteiger partial charge in [0.2, 0.25) is 0 Å². The maximum atomic E-state index is 11.6. The SMILES string of the molecule is CC(C)(C)OC(=O)NCCCC(=O)c1cncs1. The predicted octanol–water partition coefficient (Wildman–Crippen LogP) is 2.63. The molecule has 0 unspecified atom stereocenters. The van der Waals surface area contributed by atoms with Gasteiger partial charge in [-0.05, 0) is 27.2 Å². The highest BCUT2D eigenvalue weighted by atomic mass is 32.1. The van der Waals surface area contributed by atoms with Crippen LogP contribution in [-0.2, 0) is 4.74 Å². The molecule has 6 heteroatoms. The lowest BCUT2D eigenvalue weighted by Crippen LogP contribution is -2.33. The minimum absolute atomic E-state index is 0.0588. The van der Waals surface area contributed by atoms with Crippen LogP contribution in [0.3, 0.4) is 0 Å². The summed E-state index contributed by atoms with van der Waals surface area (Å²) in [6.45, 7) is 5.85. The Morgan fingerprint density at radius 2 is 2.17 bits per heavy atom. The number of hydrogen-bond donors (Lipinski definition) is 1. The molecule has 1 N–H and O–H groups in total. The molecule has 0 saturated carbocycles. The van der Waals surface area contributed by atoms with E-state index in [-0.39, 0.29) is 5.78 Å². The van der Waals surface area contributed by atoms with Gasteiger partial charge in [-0.15, -0.1) is 11.3 Å². The van der Waals surface area contributed by atoms with E-state index < -0.39 is 11.7 Å². The van der Waals surface area contributed by atoms with Crippen molar-refractivity contribution in [2.75, 3.05) is 6.54 Å². The minimum atomic E-state index is -0.497. The molecule has 1 heterocycles. The summed E-state index contributed by atoms with van der Waals surface area (Å²) in [4.78, 5) is 27.4. The van der Waals surface area contributed by atoms with Crippen molar-refractivity contribution in [3.8, 4) is 0 Å². The van der Waals surface area contributed by atoms with Gasteiger partial charge in [0.25, 0.3) is 0 Å². The first-order valence-corrected chi connectivity index (χ1v) is 6.65. The molecule has 5 nitrogen and oxygen atoms in total. The highest BCUT2D eigenvalue weighted by Crippen LogP contribution is 2.10. The van der Waals surface area contributed by atoms with Crippen LogP contribution in [0, 0.1) is 0 Å². The lowest BCUT2D eigenvalue weighted by atomic mass is 10.2. The summed E-state index contributed by atoms with van der Waals surface area (Å²) in [5.41, 5.74) is 1.13. The first-order chi connectivity index (χ1) is 8.38. The Labute approximate surface area is 111 Å². The number of hydrogen-bond acceptors (Lipinski definition) is 5. The Balaban J connectivity index is 2.16. The van der Waals surface area contributed by atoms with E-state index >= 15 is 0 Å². The van der Waals surface area contributed by atoms with Crippen molar-refractivity contribution in [3.05, 3.63) is 16.6 Å². The number of nitrogens with one attached hydrogen (secondary N) is 1. The van der Waals surface area contributed by atoms with E-state index in [2.05, 4.69) is 10.3 Å². The number of rotatable bonds is 5. The molecule has 0 saturated heterocycles. The lowest BCUT2D eigenvalue weighted by molar-refractivity contribution is 0.0525. The summed E-state index contributed by atoms with van der Waals surface area (Å²) in [5.74, 6) is 0.0588. The summed E-state index contributed by atoms with van der Waals surface area (Å²) in [5, 5.41) is 2.61. The lowest BCUT2D eigenvalue weighted by Gasteiger charge is -2.19. The van der Waals surface area contributed by atoms with Crippen LogP contribution in [0.1, 0.15) is 43.3 Å². The molecule has 0 bridgehead atoms. The van der Waals surface area contributed by atoms with Gasteiger partial charge in [0, 0.05) is 19.2 Å². The molecule has 1 aromatic heterocycles. The molecular formula is C12H18N2O3S. The van der Waals surface area contributed by atoms with Gasteiger partial charge in [-0.2, -0.15) is 0 Å². The van der Waals surface area contributed by atoms with Crippen molar-refractivity contribution >= 4 is 23.2 Å². The van der Waals surface area contributed by atoms with Crippen LogP contribution >= 0.6 is 11.3 Å². The van der Waals surface area contributed by atoms with Crippen LogP contribution in [0.5, 0.6) is 0 Å². The molecule has 1 aromatic rings. The number of amides is 1. The molecule has 1 rings (SSSR count). The van der Waals surface area contributed by atoms with Gasteiger partial charge in [0.05, 0.1) is 10.4 Å². The Morgan fingerprint density at radius 1 is 1.44 bits per heavy atom. The number of Topliss-reactive ketones (excluding diaryl/α,β-unsaturated/α-hetero) is 1. The standard InChI is InChI=1S/C12H18N2O3S/c1-12(2,3)17-11(16)14-6-4-5-9(15)10-7-13-8-18-10/h7-8H,4-6H2,1-3H3,(H,14,16). The fourth-order valence-corrected chi connectivity index (χ4v) is 1.82. The van der Waals surface area contributed by atoms with Crippen LogP contribution in [0.2, 0.25) is 0 Å². The molecule has 0 fully saturated rings. The molecule has 100 valence electrons. The molecule has 0 aliphatic heterocycles. The van der Waals surface area contributed by atoms with Crippen molar-refractivity contribution in [2.24, 2.45) is 0 Å². The minimum Gasteiger partial charge on any atom is -0.444 e. The first kappa shape index (κ1) is 14.6. The average molecular weight is 270 g/mol. The number of carbonyl (C=O) groups excluding carboxylic acids is 2. The van der Waals surface area contributed by atoms with E-state index in [1.807, 2.05) is 0 Å². The first-order valence-electron chi connectivity index (χ1n) is 5.77. The Kier molecular flexibility index (Phi) is 5.27. The van der Waals surface area contributed by atoms with E-state index in [9.17, 15) is 9.59 Å². The van der Waals surface area contributed by atoms with E-state index in [1.165, 1.54) is 11.3 Å². The molecule has 0 atom stereocenters. The third-order valence-corrected chi connectivity index (χ3v) is 2.77. The van der Waals surface area contributed by atoms with Gasteiger partial charge in [-0.25, -0.2) is 4.79 Å². The van der Waals surface area contributed by atoms with Crippen LogP contribution in [0.4, 0.5) is 4.79 Å². The highest BCUT2D eigenvalue weighted by molar-refractivity contribution is 7.11. The van der Waals surface area contributed by atoms with Crippen molar-refractivity contribution < 1.29 is 14.3 Å². The number of thiazole rings is 1. The molecule has 0 spiro atoms. The number of nitrogens with zero attached hydrogens (tertiary/aromatic N) is 1. The fourth-order valence-electron chi connectivity index (χ4n) is 1.23. The number of carbonyl (C=O) groups is 2. The molecule has 0 radical (unpaired) electrons. The molecule has 0 aliphatic carbocycles. The zero-order valence-corrected chi connectivity index (χ0v) is 11.7. The van der Waals surface area contributed by atoms with Crippen LogP contribution in [0.25, 0.3) is 0 Å². The maximum Gasteiger partial charge on any atom is 0.407 e. The van der Waals surface area contributed by atoms with E-state index in [1.54, 1.807) is 32.5 Å². The van der Waals surface area contributed by atoms with Gasteiger partial charge in [-0.3, -0.25) is 9.78 Å². The summed E-state index contributed by atoms with van der Waals surface area (Å²) < 4.78 is 5.07. The topological polar surface area (TPSA) is 68.3 Å². The largest absolute Gasteiger partial charge is 0.444 e. The quantitative estimate of drug-likeness (QED) is 0.659. The average Bonchev–Trinajstić information content (AvgIpc) is 2.74. The van der Waals surface area contributed by atoms with Crippen LogP contribution < -0.4 is 5.32 Å². The highest BCUT2D eigenvalue weighted by Gasteiger charge is 2.15. The summed E-state index contributed by atoms with van der Waals surface area (Å²) in [6.07, 6.45) is 2.11. The second-order valence-electron chi connectivity index (χ2n) is 4.82. The number of alkyl carbamates (subject to hydrolysis) is 1. The Bertz CT molecular complexity index is 396. The summed E-state index contributed by atoms with van der Waals surface area (Å²) in [6, 6.07) is 0. The molecule has 18 heavy (non-hydrogen) atoms. The summed E-state index contributed by atoms with van der Waals surface area (Å²) in [7, 11) is 0.